The monoisotopic (exact) mass is 404 g/mol. The molecule has 6 heteroatoms. The molecule has 154 valence electrons. The number of piperidine rings is 1. The van der Waals surface area contributed by atoms with Crippen LogP contribution in [0.5, 0.6) is 0 Å². The SMILES string of the molecule is CC1(C)C2CCC1(C)C(NC(=O)c1cccc(S(=O)(=O)N3CCCCC3)c1)C2. The van der Waals surface area contributed by atoms with E-state index in [0.717, 1.165) is 32.1 Å². The van der Waals surface area contributed by atoms with Gasteiger partial charge in [-0.15, -0.1) is 0 Å². The van der Waals surface area contributed by atoms with Crippen LogP contribution in [0.3, 0.4) is 0 Å². The largest absolute Gasteiger partial charge is 0.349 e. The van der Waals surface area contributed by atoms with Gasteiger partial charge in [0, 0.05) is 24.7 Å². The van der Waals surface area contributed by atoms with Gasteiger partial charge in [-0.3, -0.25) is 4.79 Å². The number of benzene rings is 1. The minimum atomic E-state index is -3.53. The van der Waals surface area contributed by atoms with Gasteiger partial charge in [-0.05, 0) is 67.1 Å². The summed E-state index contributed by atoms with van der Waals surface area (Å²) in [6.07, 6.45) is 6.26. The Morgan fingerprint density at radius 2 is 1.86 bits per heavy atom. The highest BCUT2D eigenvalue weighted by molar-refractivity contribution is 7.89. The average Bonchev–Trinajstić information content (AvgIpc) is 3.02. The zero-order valence-electron chi connectivity index (χ0n) is 17.2. The van der Waals surface area contributed by atoms with Crippen LogP contribution in [0.2, 0.25) is 0 Å². The van der Waals surface area contributed by atoms with E-state index in [1.54, 1.807) is 28.6 Å². The highest BCUT2D eigenvalue weighted by Crippen LogP contribution is 2.65. The maximum absolute atomic E-state index is 13.0. The van der Waals surface area contributed by atoms with Gasteiger partial charge in [0.25, 0.3) is 5.91 Å². The molecule has 5 nitrogen and oxygen atoms in total. The third kappa shape index (κ3) is 3.00. The Labute approximate surface area is 168 Å². The minimum absolute atomic E-state index is 0.102. The van der Waals surface area contributed by atoms with Crippen LogP contribution >= 0.6 is 0 Å². The number of amides is 1. The van der Waals surface area contributed by atoms with Gasteiger partial charge < -0.3 is 5.32 Å². The van der Waals surface area contributed by atoms with Crippen molar-refractivity contribution < 1.29 is 13.2 Å². The predicted octanol–water partition coefficient (Wildman–Crippen LogP) is 3.81. The highest BCUT2D eigenvalue weighted by atomic mass is 32.2. The lowest BCUT2D eigenvalue weighted by atomic mass is 9.69. The first-order valence-electron chi connectivity index (χ1n) is 10.6. The molecule has 2 saturated carbocycles. The number of nitrogens with one attached hydrogen (secondary N) is 1. The molecule has 1 aliphatic heterocycles. The van der Waals surface area contributed by atoms with E-state index in [9.17, 15) is 13.2 Å². The van der Waals surface area contributed by atoms with Gasteiger partial charge in [0.15, 0.2) is 0 Å². The molecule has 3 fully saturated rings. The molecule has 0 aromatic heterocycles. The van der Waals surface area contributed by atoms with Crippen molar-refractivity contribution in [3.63, 3.8) is 0 Å². The number of carbonyl (C=O) groups excluding carboxylic acids is 1. The molecule has 1 amide bonds. The van der Waals surface area contributed by atoms with Crippen molar-refractivity contribution in [1.82, 2.24) is 9.62 Å². The Morgan fingerprint density at radius 1 is 1.14 bits per heavy atom. The molecule has 1 heterocycles. The van der Waals surface area contributed by atoms with E-state index < -0.39 is 10.0 Å². The summed E-state index contributed by atoms with van der Waals surface area (Å²) in [4.78, 5) is 13.2. The van der Waals surface area contributed by atoms with Crippen LogP contribution < -0.4 is 5.32 Å². The zero-order chi connectivity index (χ0) is 20.2. The van der Waals surface area contributed by atoms with Gasteiger partial charge >= 0.3 is 0 Å². The molecule has 1 aromatic rings. The summed E-state index contributed by atoms with van der Waals surface area (Å²) in [5, 5.41) is 3.23. The number of sulfonamides is 1. The third-order valence-electron chi connectivity index (χ3n) is 8.15. The summed E-state index contributed by atoms with van der Waals surface area (Å²) in [6.45, 7) is 8.07. The van der Waals surface area contributed by atoms with E-state index in [0.29, 0.717) is 24.6 Å². The number of fused-ring (bicyclic) bond motifs is 2. The van der Waals surface area contributed by atoms with Crippen LogP contribution in [0, 0.1) is 16.7 Å². The average molecular weight is 405 g/mol. The molecule has 2 aliphatic carbocycles. The van der Waals surface area contributed by atoms with E-state index in [4.69, 9.17) is 0 Å². The van der Waals surface area contributed by atoms with Crippen molar-refractivity contribution in [3.8, 4) is 0 Å². The molecule has 2 bridgehead atoms. The summed E-state index contributed by atoms with van der Waals surface area (Å²) in [5.74, 6) is 0.485. The van der Waals surface area contributed by atoms with Crippen LogP contribution in [0.1, 0.15) is 69.7 Å². The normalized spacial score (nSPS) is 32.4. The molecule has 1 aromatic carbocycles. The van der Waals surface area contributed by atoms with Crippen LogP contribution in [0.25, 0.3) is 0 Å². The van der Waals surface area contributed by atoms with E-state index in [2.05, 4.69) is 26.1 Å². The van der Waals surface area contributed by atoms with E-state index in [1.807, 2.05) is 0 Å². The van der Waals surface area contributed by atoms with Gasteiger partial charge in [-0.1, -0.05) is 33.3 Å². The molecular weight excluding hydrogens is 372 g/mol. The lowest BCUT2D eigenvalue weighted by Gasteiger charge is -2.39. The zero-order valence-corrected chi connectivity index (χ0v) is 18.0. The van der Waals surface area contributed by atoms with Gasteiger partial charge in [0.2, 0.25) is 10.0 Å². The highest BCUT2D eigenvalue weighted by Gasteiger charge is 2.61. The number of nitrogens with zero attached hydrogens (tertiary/aromatic N) is 1. The van der Waals surface area contributed by atoms with Crippen LogP contribution in [-0.4, -0.2) is 37.8 Å². The van der Waals surface area contributed by atoms with Crippen LogP contribution in [0.15, 0.2) is 29.2 Å². The number of carbonyl (C=O) groups is 1. The maximum Gasteiger partial charge on any atom is 0.251 e. The van der Waals surface area contributed by atoms with Crippen LogP contribution in [-0.2, 0) is 10.0 Å². The molecule has 3 unspecified atom stereocenters. The molecule has 0 radical (unpaired) electrons. The second-order valence-electron chi connectivity index (χ2n) is 9.63. The predicted molar refractivity (Wildman–Crippen MR) is 110 cm³/mol. The first-order chi connectivity index (χ1) is 13.2. The van der Waals surface area contributed by atoms with Gasteiger partial charge in [-0.25, -0.2) is 8.42 Å². The molecule has 0 spiro atoms. The van der Waals surface area contributed by atoms with E-state index in [1.165, 1.54) is 6.42 Å². The fourth-order valence-electron chi connectivity index (χ4n) is 5.72. The smallest absolute Gasteiger partial charge is 0.251 e. The van der Waals surface area contributed by atoms with Crippen molar-refractivity contribution in [2.75, 3.05) is 13.1 Å². The van der Waals surface area contributed by atoms with E-state index >= 15 is 0 Å². The van der Waals surface area contributed by atoms with Crippen molar-refractivity contribution in [2.24, 2.45) is 16.7 Å². The molecule has 3 atom stereocenters. The fraction of sp³-hybridized carbons (Fsp3) is 0.682. The Bertz CT molecular complexity index is 874. The number of hydrogen-bond acceptors (Lipinski definition) is 3. The molecule has 3 aliphatic rings. The summed E-state index contributed by atoms with van der Waals surface area (Å²) in [7, 11) is -3.53. The molecule has 1 N–H and O–H groups in total. The third-order valence-corrected chi connectivity index (χ3v) is 10.0. The van der Waals surface area contributed by atoms with Crippen molar-refractivity contribution in [1.29, 1.82) is 0 Å². The van der Waals surface area contributed by atoms with Crippen molar-refractivity contribution in [2.45, 2.75) is 70.2 Å². The van der Waals surface area contributed by atoms with Crippen molar-refractivity contribution in [3.05, 3.63) is 29.8 Å². The second kappa shape index (κ2) is 6.84. The second-order valence-corrected chi connectivity index (χ2v) is 11.6. The topological polar surface area (TPSA) is 66.5 Å². The van der Waals surface area contributed by atoms with Gasteiger partial charge in [-0.2, -0.15) is 4.31 Å². The van der Waals surface area contributed by atoms with Gasteiger partial charge in [0.05, 0.1) is 4.90 Å². The molecule has 1 saturated heterocycles. The van der Waals surface area contributed by atoms with Gasteiger partial charge in [0.1, 0.15) is 0 Å². The Kier molecular flexibility index (Phi) is 4.86. The van der Waals surface area contributed by atoms with Crippen LogP contribution in [0.4, 0.5) is 0 Å². The van der Waals surface area contributed by atoms with Crippen molar-refractivity contribution >= 4 is 15.9 Å². The summed E-state index contributed by atoms with van der Waals surface area (Å²) in [5.41, 5.74) is 0.761. The fourth-order valence-corrected chi connectivity index (χ4v) is 7.28. The molecule has 4 rings (SSSR count). The number of hydrogen-bond donors (Lipinski definition) is 1. The number of rotatable bonds is 4. The standard InChI is InChI=1S/C22H32N2O3S/c1-21(2)17-10-11-22(21,3)19(15-17)23-20(25)16-8-7-9-18(14-16)28(26,27)24-12-5-4-6-13-24/h7-9,14,17,19H,4-6,10-13,15H2,1-3H3,(H,23,25). The lowest BCUT2D eigenvalue weighted by Crippen LogP contribution is -2.46. The summed E-state index contributed by atoms with van der Waals surface area (Å²) >= 11 is 0. The summed E-state index contributed by atoms with van der Waals surface area (Å²) in [6, 6.07) is 6.68. The molecule has 28 heavy (non-hydrogen) atoms. The first kappa shape index (κ1) is 19.9. The lowest BCUT2D eigenvalue weighted by molar-refractivity contribution is 0.0826. The first-order valence-corrected chi connectivity index (χ1v) is 12.0. The Hall–Kier alpha value is -1.40. The minimum Gasteiger partial charge on any atom is -0.349 e. The Morgan fingerprint density at radius 3 is 2.46 bits per heavy atom. The quantitative estimate of drug-likeness (QED) is 0.830. The summed E-state index contributed by atoms with van der Waals surface area (Å²) < 4.78 is 27.4. The molecular formula is C22H32N2O3S. The van der Waals surface area contributed by atoms with E-state index in [-0.39, 0.29) is 27.7 Å². The Balaban J connectivity index is 1.53. The maximum atomic E-state index is 13.0.